The van der Waals surface area contributed by atoms with Gasteiger partial charge in [-0.25, -0.2) is 0 Å². The van der Waals surface area contributed by atoms with Crippen LogP contribution in [0.5, 0.6) is 0 Å². The molecule has 0 aliphatic carbocycles. The van der Waals surface area contributed by atoms with Gasteiger partial charge in [-0.2, -0.15) is 0 Å². The largest absolute Gasteiger partial charge is 0.378 e. The van der Waals surface area contributed by atoms with Crippen LogP contribution in [0.4, 0.5) is 11.4 Å². The van der Waals surface area contributed by atoms with Gasteiger partial charge in [0.05, 0.1) is 0 Å². The van der Waals surface area contributed by atoms with E-state index >= 15 is 0 Å². The minimum absolute atomic E-state index is 1.28. The van der Waals surface area contributed by atoms with Crippen LogP contribution < -0.4 is 9.80 Å². The second kappa shape index (κ2) is 7.88. The first kappa shape index (κ1) is 18.1. The van der Waals surface area contributed by atoms with Crippen LogP contribution in [0.1, 0.15) is 22.3 Å². The lowest BCUT2D eigenvalue weighted by Gasteiger charge is -2.13. The predicted molar refractivity (Wildman–Crippen MR) is 100 cm³/mol. The molecule has 0 unspecified atom stereocenters. The third-order valence-corrected chi connectivity index (χ3v) is 3.45. The van der Waals surface area contributed by atoms with Gasteiger partial charge in [0.2, 0.25) is 0 Å². The molecule has 0 saturated carbocycles. The molecule has 0 aromatic heterocycles. The standard InChI is InChI=1S/2C10H15N/c2*1-8-5-9(2)7-10(6-8)11(3)4/h2*5-7H,1-4H3. The van der Waals surface area contributed by atoms with Gasteiger partial charge >= 0.3 is 0 Å². The molecule has 0 aliphatic heterocycles. The summed E-state index contributed by atoms with van der Waals surface area (Å²) in [7, 11) is 8.25. The first-order valence-corrected chi connectivity index (χ1v) is 7.70. The fraction of sp³-hybridized carbons (Fsp3) is 0.400. The predicted octanol–water partition coefficient (Wildman–Crippen LogP) is 4.74. The van der Waals surface area contributed by atoms with E-state index in [9.17, 15) is 0 Å². The van der Waals surface area contributed by atoms with Gasteiger partial charge in [0.25, 0.3) is 0 Å². The summed E-state index contributed by atoms with van der Waals surface area (Å²) >= 11 is 0. The van der Waals surface area contributed by atoms with E-state index in [4.69, 9.17) is 0 Å². The van der Waals surface area contributed by atoms with Crippen molar-refractivity contribution in [3.05, 3.63) is 58.7 Å². The molecule has 0 spiro atoms. The fourth-order valence-corrected chi connectivity index (χ4v) is 2.42. The molecule has 0 fully saturated rings. The van der Waals surface area contributed by atoms with Crippen LogP contribution in [-0.4, -0.2) is 28.2 Å². The van der Waals surface area contributed by atoms with E-state index < -0.39 is 0 Å². The molecule has 0 heterocycles. The van der Waals surface area contributed by atoms with Gasteiger partial charge in [-0.05, 0) is 74.2 Å². The Kier molecular flexibility index (Phi) is 6.48. The molecule has 0 bridgehead atoms. The molecule has 0 aliphatic rings. The van der Waals surface area contributed by atoms with Crippen LogP contribution in [0.25, 0.3) is 0 Å². The number of hydrogen-bond acceptors (Lipinski definition) is 2. The van der Waals surface area contributed by atoms with Crippen molar-refractivity contribution in [3.8, 4) is 0 Å². The molecular weight excluding hydrogens is 268 g/mol. The van der Waals surface area contributed by atoms with E-state index in [1.807, 2.05) is 0 Å². The lowest BCUT2D eigenvalue weighted by molar-refractivity contribution is 1.12. The van der Waals surface area contributed by atoms with Gasteiger partial charge in [0.1, 0.15) is 0 Å². The molecule has 22 heavy (non-hydrogen) atoms. The van der Waals surface area contributed by atoms with Gasteiger partial charge in [0, 0.05) is 39.6 Å². The highest BCUT2D eigenvalue weighted by atomic mass is 15.1. The molecule has 0 N–H and O–H groups in total. The lowest BCUT2D eigenvalue weighted by atomic mass is 10.1. The highest BCUT2D eigenvalue weighted by Crippen LogP contribution is 2.16. The molecule has 0 amide bonds. The van der Waals surface area contributed by atoms with Crippen molar-refractivity contribution in [2.45, 2.75) is 27.7 Å². The number of anilines is 2. The van der Waals surface area contributed by atoms with E-state index in [1.165, 1.54) is 33.6 Å². The summed E-state index contributed by atoms with van der Waals surface area (Å²) in [6.07, 6.45) is 0. The van der Waals surface area contributed by atoms with Gasteiger partial charge in [-0.1, -0.05) is 12.1 Å². The van der Waals surface area contributed by atoms with Crippen LogP contribution in [0.15, 0.2) is 36.4 Å². The second-order valence-corrected chi connectivity index (χ2v) is 6.48. The molecule has 2 aromatic rings. The summed E-state index contributed by atoms with van der Waals surface area (Å²) in [5.74, 6) is 0. The number of hydrogen-bond donors (Lipinski definition) is 0. The van der Waals surface area contributed by atoms with Crippen molar-refractivity contribution >= 4 is 11.4 Å². The Morgan fingerprint density at radius 3 is 0.864 bits per heavy atom. The van der Waals surface area contributed by atoms with Crippen LogP contribution in [0.2, 0.25) is 0 Å². The van der Waals surface area contributed by atoms with Gasteiger partial charge < -0.3 is 9.80 Å². The second-order valence-electron chi connectivity index (χ2n) is 6.48. The highest BCUT2D eigenvalue weighted by Gasteiger charge is 1.96. The van der Waals surface area contributed by atoms with E-state index in [1.54, 1.807) is 0 Å². The summed E-state index contributed by atoms with van der Waals surface area (Å²) in [5, 5.41) is 0. The lowest BCUT2D eigenvalue weighted by Crippen LogP contribution is -2.08. The van der Waals surface area contributed by atoms with Gasteiger partial charge in [0.15, 0.2) is 0 Å². The van der Waals surface area contributed by atoms with Gasteiger partial charge in [-0.15, -0.1) is 0 Å². The van der Waals surface area contributed by atoms with Crippen molar-refractivity contribution in [3.63, 3.8) is 0 Å². The Labute approximate surface area is 136 Å². The number of rotatable bonds is 2. The average molecular weight is 298 g/mol. The Morgan fingerprint density at radius 1 is 0.455 bits per heavy atom. The average Bonchev–Trinajstić information content (AvgIpc) is 2.37. The third kappa shape index (κ3) is 5.80. The molecule has 120 valence electrons. The number of benzene rings is 2. The monoisotopic (exact) mass is 298 g/mol. The van der Waals surface area contributed by atoms with Crippen LogP contribution in [0.3, 0.4) is 0 Å². The fourth-order valence-electron chi connectivity index (χ4n) is 2.42. The zero-order chi connectivity index (χ0) is 16.9. The first-order chi connectivity index (χ1) is 10.2. The van der Waals surface area contributed by atoms with E-state index in [0.29, 0.717) is 0 Å². The quantitative estimate of drug-likeness (QED) is 0.790. The molecule has 0 atom stereocenters. The Morgan fingerprint density at radius 2 is 0.682 bits per heavy atom. The summed E-state index contributed by atoms with van der Waals surface area (Å²) in [6.45, 7) is 8.50. The minimum Gasteiger partial charge on any atom is -0.378 e. The van der Waals surface area contributed by atoms with E-state index in [0.717, 1.165) is 0 Å². The molecule has 2 aromatic carbocycles. The molecule has 2 rings (SSSR count). The zero-order valence-corrected chi connectivity index (χ0v) is 15.4. The smallest absolute Gasteiger partial charge is 0.0366 e. The van der Waals surface area contributed by atoms with Crippen molar-refractivity contribution in [1.29, 1.82) is 0 Å². The van der Waals surface area contributed by atoms with Crippen molar-refractivity contribution in [2.24, 2.45) is 0 Å². The van der Waals surface area contributed by atoms with Crippen LogP contribution in [-0.2, 0) is 0 Å². The molecule has 2 nitrogen and oxygen atoms in total. The van der Waals surface area contributed by atoms with Crippen molar-refractivity contribution in [2.75, 3.05) is 38.0 Å². The van der Waals surface area contributed by atoms with Crippen molar-refractivity contribution < 1.29 is 0 Å². The maximum atomic E-state index is 2.19. The minimum atomic E-state index is 1.28. The summed E-state index contributed by atoms with van der Waals surface area (Å²) in [5.41, 5.74) is 7.87. The maximum absolute atomic E-state index is 2.19. The van der Waals surface area contributed by atoms with Crippen LogP contribution >= 0.6 is 0 Å². The SMILES string of the molecule is Cc1cc(C)cc(N(C)C)c1.Cc1cc(C)cc(N(C)C)c1. The first-order valence-electron chi connectivity index (χ1n) is 7.70. The Bertz CT molecular complexity index is 517. The Balaban J connectivity index is 0.000000220. The Hall–Kier alpha value is -1.96. The third-order valence-electron chi connectivity index (χ3n) is 3.45. The summed E-state index contributed by atoms with van der Waals surface area (Å²) < 4.78 is 0. The van der Waals surface area contributed by atoms with Gasteiger partial charge in [-0.3, -0.25) is 0 Å². The molecule has 0 saturated heterocycles. The van der Waals surface area contributed by atoms with E-state index in [-0.39, 0.29) is 0 Å². The summed E-state index contributed by atoms with van der Waals surface area (Å²) in [6, 6.07) is 13.1. The van der Waals surface area contributed by atoms with Crippen LogP contribution in [0, 0.1) is 27.7 Å². The maximum Gasteiger partial charge on any atom is 0.0366 e. The molecule has 2 heteroatoms. The van der Waals surface area contributed by atoms with Crippen molar-refractivity contribution in [1.82, 2.24) is 0 Å². The number of aryl methyl sites for hydroxylation is 4. The highest BCUT2D eigenvalue weighted by molar-refractivity contribution is 5.50. The zero-order valence-electron chi connectivity index (χ0n) is 15.4. The normalized spacial score (nSPS) is 9.82. The topological polar surface area (TPSA) is 6.48 Å². The molecular formula is C20H30N2. The number of nitrogens with zero attached hydrogens (tertiary/aromatic N) is 2. The summed E-state index contributed by atoms with van der Waals surface area (Å²) in [4.78, 5) is 4.25. The molecule has 0 radical (unpaired) electrons. The van der Waals surface area contributed by atoms with E-state index in [2.05, 4.69) is 102 Å².